The Morgan fingerprint density at radius 2 is 2.00 bits per heavy atom. The van der Waals surface area contributed by atoms with Gasteiger partial charge in [-0.2, -0.15) is 0 Å². The molecule has 0 bridgehead atoms. The molecule has 0 spiro atoms. The van der Waals surface area contributed by atoms with Gasteiger partial charge in [0.05, 0.1) is 0 Å². The summed E-state index contributed by atoms with van der Waals surface area (Å²) in [5.41, 5.74) is 0.677. The van der Waals surface area contributed by atoms with E-state index in [-0.39, 0.29) is 0 Å². The Morgan fingerprint density at radius 1 is 1.36 bits per heavy atom. The summed E-state index contributed by atoms with van der Waals surface area (Å²) in [5, 5.41) is 0. The maximum absolute atomic E-state index is 3.85. The van der Waals surface area contributed by atoms with Crippen LogP contribution in [0.4, 0.5) is 0 Å². The Balaban J connectivity index is 2.46. The van der Waals surface area contributed by atoms with Gasteiger partial charge < -0.3 is 0 Å². The third-order valence-corrected chi connectivity index (χ3v) is 3.02. The highest BCUT2D eigenvalue weighted by atomic mass is 14.4. The van der Waals surface area contributed by atoms with Gasteiger partial charge in [0.25, 0.3) is 0 Å². The van der Waals surface area contributed by atoms with Crippen LogP contribution in [-0.2, 0) is 0 Å². The molecule has 64 valence electrons. The molecular formula is C11H20. The molecule has 0 heteroatoms. The Labute approximate surface area is 70.7 Å². The first-order valence-electron chi connectivity index (χ1n) is 4.94. The highest BCUT2D eigenvalue weighted by Crippen LogP contribution is 2.44. The predicted molar refractivity (Wildman–Crippen MR) is 50.6 cm³/mol. The molecule has 1 saturated carbocycles. The molecule has 0 aromatic heterocycles. The van der Waals surface area contributed by atoms with Crippen molar-refractivity contribution in [3.05, 3.63) is 12.7 Å². The summed E-state index contributed by atoms with van der Waals surface area (Å²) in [5.74, 6) is 0. The third-order valence-electron chi connectivity index (χ3n) is 3.02. The van der Waals surface area contributed by atoms with Crippen molar-refractivity contribution >= 4 is 0 Å². The molecule has 0 aromatic carbocycles. The van der Waals surface area contributed by atoms with Crippen LogP contribution in [0.25, 0.3) is 0 Å². The van der Waals surface area contributed by atoms with E-state index in [4.69, 9.17) is 0 Å². The summed E-state index contributed by atoms with van der Waals surface area (Å²) in [6.07, 6.45) is 11.9. The molecule has 1 aliphatic rings. The summed E-state index contributed by atoms with van der Waals surface area (Å²) in [4.78, 5) is 0. The highest BCUT2D eigenvalue weighted by Gasteiger charge is 2.30. The van der Waals surface area contributed by atoms with Gasteiger partial charge in [-0.05, 0) is 31.1 Å². The zero-order valence-corrected chi connectivity index (χ0v) is 7.73. The van der Waals surface area contributed by atoms with E-state index in [0.29, 0.717) is 5.41 Å². The summed E-state index contributed by atoms with van der Waals surface area (Å²) < 4.78 is 0. The molecule has 0 heterocycles. The molecule has 0 aliphatic heterocycles. The molecule has 1 rings (SSSR count). The van der Waals surface area contributed by atoms with Crippen molar-refractivity contribution in [3.63, 3.8) is 0 Å². The number of hydrogen-bond acceptors (Lipinski definition) is 0. The van der Waals surface area contributed by atoms with Gasteiger partial charge in [0.2, 0.25) is 0 Å². The van der Waals surface area contributed by atoms with Crippen molar-refractivity contribution in [1.29, 1.82) is 0 Å². The van der Waals surface area contributed by atoms with Crippen LogP contribution in [0.3, 0.4) is 0 Å². The lowest BCUT2D eigenvalue weighted by Crippen LogP contribution is -2.14. The molecule has 0 atom stereocenters. The standard InChI is InChI=1S/C11H20/c1-3-7-11(8-4-2)9-5-6-10-11/h3H,1,4-10H2,2H3. The zero-order chi connectivity index (χ0) is 8.16. The van der Waals surface area contributed by atoms with Crippen LogP contribution in [-0.4, -0.2) is 0 Å². The molecule has 0 saturated heterocycles. The van der Waals surface area contributed by atoms with Crippen molar-refractivity contribution in [1.82, 2.24) is 0 Å². The van der Waals surface area contributed by atoms with E-state index in [1.54, 1.807) is 0 Å². The summed E-state index contributed by atoms with van der Waals surface area (Å²) in [6.45, 7) is 6.15. The van der Waals surface area contributed by atoms with Gasteiger partial charge in [0.1, 0.15) is 0 Å². The van der Waals surface area contributed by atoms with Crippen molar-refractivity contribution in [3.8, 4) is 0 Å². The summed E-state index contributed by atoms with van der Waals surface area (Å²) in [6, 6.07) is 0. The maximum atomic E-state index is 3.85. The van der Waals surface area contributed by atoms with E-state index >= 15 is 0 Å². The zero-order valence-electron chi connectivity index (χ0n) is 7.73. The molecule has 0 nitrogen and oxygen atoms in total. The van der Waals surface area contributed by atoms with Crippen LogP contribution in [0.15, 0.2) is 12.7 Å². The van der Waals surface area contributed by atoms with Crippen LogP contribution in [0, 0.1) is 5.41 Å². The minimum atomic E-state index is 0.677. The largest absolute Gasteiger partial charge is 0.103 e. The average Bonchev–Trinajstić information content (AvgIpc) is 2.39. The number of allylic oxidation sites excluding steroid dienone is 1. The quantitative estimate of drug-likeness (QED) is 0.535. The minimum absolute atomic E-state index is 0.677. The lowest BCUT2D eigenvalue weighted by Gasteiger charge is -2.26. The number of rotatable bonds is 4. The van der Waals surface area contributed by atoms with E-state index in [0.717, 1.165) is 0 Å². The smallest absolute Gasteiger partial charge is 0.0263 e. The van der Waals surface area contributed by atoms with Gasteiger partial charge in [-0.3, -0.25) is 0 Å². The van der Waals surface area contributed by atoms with Crippen molar-refractivity contribution in [2.24, 2.45) is 5.41 Å². The third kappa shape index (κ3) is 2.08. The van der Waals surface area contributed by atoms with E-state index in [2.05, 4.69) is 19.6 Å². The Morgan fingerprint density at radius 3 is 2.45 bits per heavy atom. The fraction of sp³-hybridized carbons (Fsp3) is 0.818. The lowest BCUT2D eigenvalue weighted by atomic mass is 9.79. The van der Waals surface area contributed by atoms with Gasteiger partial charge in [-0.15, -0.1) is 6.58 Å². The lowest BCUT2D eigenvalue weighted by molar-refractivity contribution is 0.272. The minimum Gasteiger partial charge on any atom is -0.103 e. The Kier molecular flexibility index (Phi) is 3.16. The van der Waals surface area contributed by atoms with Gasteiger partial charge in [-0.1, -0.05) is 32.3 Å². The van der Waals surface area contributed by atoms with E-state index in [9.17, 15) is 0 Å². The second kappa shape index (κ2) is 3.94. The molecule has 0 radical (unpaired) electrons. The molecule has 0 amide bonds. The fourth-order valence-corrected chi connectivity index (χ4v) is 2.52. The normalized spacial score (nSPS) is 21.9. The Hall–Kier alpha value is -0.260. The van der Waals surface area contributed by atoms with Crippen molar-refractivity contribution in [2.45, 2.75) is 51.9 Å². The van der Waals surface area contributed by atoms with Crippen LogP contribution in [0.1, 0.15) is 51.9 Å². The van der Waals surface area contributed by atoms with Crippen LogP contribution < -0.4 is 0 Å². The first-order chi connectivity index (χ1) is 5.33. The van der Waals surface area contributed by atoms with Crippen molar-refractivity contribution < 1.29 is 0 Å². The van der Waals surface area contributed by atoms with Crippen molar-refractivity contribution in [2.75, 3.05) is 0 Å². The second-order valence-corrected chi connectivity index (χ2v) is 3.95. The summed E-state index contributed by atoms with van der Waals surface area (Å²) >= 11 is 0. The van der Waals surface area contributed by atoms with E-state index in [1.165, 1.54) is 44.9 Å². The van der Waals surface area contributed by atoms with Gasteiger partial charge in [-0.25, -0.2) is 0 Å². The molecule has 0 N–H and O–H groups in total. The molecule has 11 heavy (non-hydrogen) atoms. The number of hydrogen-bond donors (Lipinski definition) is 0. The first kappa shape index (κ1) is 8.83. The van der Waals surface area contributed by atoms with Gasteiger partial charge in [0, 0.05) is 0 Å². The molecule has 0 aromatic rings. The summed E-state index contributed by atoms with van der Waals surface area (Å²) in [7, 11) is 0. The average molecular weight is 152 g/mol. The highest BCUT2D eigenvalue weighted by molar-refractivity contribution is 4.89. The van der Waals surface area contributed by atoms with Gasteiger partial charge in [0.15, 0.2) is 0 Å². The SMILES string of the molecule is C=CCC1(CCC)CCCC1. The van der Waals surface area contributed by atoms with E-state index in [1.807, 2.05) is 0 Å². The fourth-order valence-electron chi connectivity index (χ4n) is 2.52. The maximum Gasteiger partial charge on any atom is -0.0263 e. The van der Waals surface area contributed by atoms with Crippen LogP contribution in [0.2, 0.25) is 0 Å². The Bertz CT molecular complexity index is 118. The molecule has 0 unspecified atom stereocenters. The molecular weight excluding hydrogens is 132 g/mol. The predicted octanol–water partition coefficient (Wildman–Crippen LogP) is 3.92. The second-order valence-electron chi connectivity index (χ2n) is 3.95. The first-order valence-corrected chi connectivity index (χ1v) is 4.94. The monoisotopic (exact) mass is 152 g/mol. The molecule has 1 fully saturated rings. The molecule has 1 aliphatic carbocycles. The van der Waals surface area contributed by atoms with Gasteiger partial charge >= 0.3 is 0 Å². The van der Waals surface area contributed by atoms with Crippen LogP contribution in [0.5, 0.6) is 0 Å². The topological polar surface area (TPSA) is 0 Å². The van der Waals surface area contributed by atoms with Crippen LogP contribution >= 0.6 is 0 Å². The van der Waals surface area contributed by atoms with E-state index < -0.39 is 0 Å².